The van der Waals surface area contributed by atoms with Crippen LogP contribution in [0.3, 0.4) is 0 Å². The van der Waals surface area contributed by atoms with Crippen molar-refractivity contribution in [2.75, 3.05) is 6.54 Å². The fourth-order valence-electron chi connectivity index (χ4n) is 1.93. The molecule has 1 aromatic heterocycles. The van der Waals surface area contributed by atoms with Gasteiger partial charge in [-0.3, -0.25) is 4.79 Å². The second-order valence-electron chi connectivity index (χ2n) is 4.46. The lowest BCUT2D eigenvalue weighted by atomic mass is 10.1. The number of aryl methyl sites for hydroxylation is 1. The van der Waals surface area contributed by atoms with E-state index in [-0.39, 0.29) is 11.5 Å². The highest BCUT2D eigenvalue weighted by molar-refractivity contribution is 9.11. The Morgan fingerprint density at radius 1 is 1.35 bits per heavy atom. The third-order valence-electron chi connectivity index (χ3n) is 3.07. The highest BCUT2D eigenvalue weighted by Gasteiger charge is 2.19. The van der Waals surface area contributed by atoms with E-state index in [0.717, 1.165) is 8.66 Å². The fourth-order valence-corrected chi connectivity index (χ4v) is 3.43. The molecule has 0 fully saturated rings. The summed E-state index contributed by atoms with van der Waals surface area (Å²) >= 11 is 4.98. The van der Waals surface area contributed by atoms with Crippen LogP contribution < -0.4 is 0 Å². The summed E-state index contributed by atoms with van der Waals surface area (Å²) in [7, 11) is 0. The molecule has 2 rings (SSSR count). The summed E-state index contributed by atoms with van der Waals surface area (Å²) in [6, 6.07) is 8.83. The van der Waals surface area contributed by atoms with Gasteiger partial charge in [0.1, 0.15) is 5.82 Å². The zero-order chi connectivity index (χ0) is 14.7. The summed E-state index contributed by atoms with van der Waals surface area (Å²) in [6.45, 7) is 4.60. The minimum absolute atomic E-state index is 0.141. The molecule has 106 valence electrons. The number of thiophene rings is 1. The molecule has 1 heterocycles. The Balaban J connectivity index is 2.23. The summed E-state index contributed by atoms with van der Waals surface area (Å²) in [5, 5.41) is 0. The number of benzene rings is 1. The molecule has 2 nitrogen and oxygen atoms in total. The lowest BCUT2D eigenvalue weighted by Crippen LogP contribution is -2.30. The van der Waals surface area contributed by atoms with Gasteiger partial charge >= 0.3 is 0 Å². The molecule has 0 spiro atoms. The largest absolute Gasteiger partial charge is 0.334 e. The molecule has 0 bridgehead atoms. The molecule has 0 saturated carbocycles. The maximum atomic E-state index is 14.0. The van der Waals surface area contributed by atoms with Gasteiger partial charge < -0.3 is 4.90 Å². The van der Waals surface area contributed by atoms with Crippen molar-refractivity contribution in [3.05, 3.63) is 55.9 Å². The van der Waals surface area contributed by atoms with Crippen molar-refractivity contribution in [1.82, 2.24) is 4.90 Å². The Morgan fingerprint density at radius 3 is 2.70 bits per heavy atom. The van der Waals surface area contributed by atoms with Gasteiger partial charge in [-0.2, -0.15) is 0 Å². The smallest absolute Gasteiger partial charge is 0.257 e. The van der Waals surface area contributed by atoms with Crippen molar-refractivity contribution in [1.29, 1.82) is 0 Å². The van der Waals surface area contributed by atoms with Crippen LogP contribution in [0.2, 0.25) is 0 Å². The summed E-state index contributed by atoms with van der Waals surface area (Å²) in [5.41, 5.74) is 0.633. The number of carbonyl (C=O) groups is 1. The number of rotatable bonds is 4. The van der Waals surface area contributed by atoms with Crippen LogP contribution in [-0.4, -0.2) is 17.4 Å². The molecular formula is C15H15BrFNOS. The zero-order valence-electron chi connectivity index (χ0n) is 11.3. The summed E-state index contributed by atoms with van der Waals surface area (Å²) in [5.74, 6) is -0.693. The van der Waals surface area contributed by atoms with Gasteiger partial charge in [-0.05, 0) is 53.5 Å². The van der Waals surface area contributed by atoms with Crippen molar-refractivity contribution >= 4 is 33.2 Å². The maximum absolute atomic E-state index is 14.0. The quantitative estimate of drug-likeness (QED) is 0.783. The number of nitrogens with zero attached hydrogens (tertiary/aromatic N) is 1. The van der Waals surface area contributed by atoms with Crippen LogP contribution in [0.1, 0.15) is 27.7 Å². The summed E-state index contributed by atoms with van der Waals surface area (Å²) < 4.78 is 15.1. The van der Waals surface area contributed by atoms with Gasteiger partial charge in [-0.15, -0.1) is 11.3 Å². The van der Waals surface area contributed by atoms with Gasteiger partial charge in [0, 0.05) is 11.4 Å². The Morgan fingerprint density at radius 2 is 2.10 bits per heavy atom. The minimum Gasteiger partial charge on any atom is -0.334 e. The van der Waals surface area contributed by atoms with E-state index in [1.54, 1.807) is 35.3 Å². The van der Waals surface area contributed by atoms with Crippen molar-refractivity contribution < 1.29 is 9.18 Å². The Hall–Kier alpha value is -1.20. The van der Waals surface area contributed by atoms with Gasteiger partial charge in [0.15, 0.2) is 0 Å². The van der Waals surface area contributed by atoms with E-state index in [0.29, 0.717) is 18.7 Å². The average molecular weight is 356 g/mol. The van der Waals surface area contributed by atoms with E-state index in [1.165, 1.54) is 6.07 Å². The van der Waals surface area contributed by atoms with Crippen LogP contribution >= 0.6 is 27.3 Å². The van der Waals surface area contributed by atoms with Gasteiger partial charge in [-0.25, -0.2) is 4.39 Å². The highest BCUT2D eigenvalue weighted by Crippen LogP contribution is 2.24. The molecule has 0 unspecified atom stereocenters. The second-order valence-corrected chi connectivity index (χ2v) is 7.01. The molecule has 0 atom stereocenters. The van der Waals surface area contributed by atoms with Crippen molar-refractivity contribution in [3.63, 3.8) is 0 Å². The number of hydrogen-bond acceptors (Lipinski definition) is 2. The lowest BCUT2D eigenvalue weighted by Gasteiger charge is -2.20. The number of halogens is 2. The molecule has 0 aliphatic rings. The zero-order valence-corrected chi connectivity index (χ0v) is 13.7. The van der Waals surface area contributed by atoms with Gasteiger partial charge in [0.2, 0.25) is 0 Å². The van der Waals surface area contributed by atoms with Gasteiger partial charge in [-0.1, -0.05) is 12.1 Å². The molecule has 1 amide bonds. The first kappa shape index (κ1) is 15.2. The average Bonchev–Trinajstić information content (AvgIpc) is 2.84. The number of amides is 1. The SMILES string of the molecule is CCN(Cc1ccc(Br)s1)C(=O)c1cccc(C)c1F. The molecule has 2 aromatic rings. The van der Waals surface area contributed by atoms with E-state index in [2.05, 4.69) is 15.9 Å². The van der Waals surface area contributed by atoms with E-state index >= 15 is 0 Å². The number of hydrogen-bond donors (Lipinski definition) is 0. The molecule has 5 heteroatoms. The highest BCUT2D eigenvalue weighted by atomic mass is 79.9. The van der Waals surface area contributed by atoms with Crippen molar-refractivity contribution in [2.24, 2.45) is 0 Å². The molecule has 0 saturated heterocycles. The van der Waals surface area contributed by atoms with Crippen molar-refractivity contribution in [3.8, 4) is 0 Å². The van der Waals surface area contributed by atoms with Crippen LogP contribution in [0, 0.1) is 12.7 Å². The van der Waals surface area contributed by atoms with Crippen LogP contribution in [-0.2, 0) is 6.54 Å². The fraction of sp³-hybridized carbons (Fsp3) is 0.267. The first-order valence-corrected chi connectivity index (χ1v) is 7.92. The Kier molecular flexibility index (Phi) is 4.94. The van der Waals surface area contributed by atoms with Gasteiger partial charge in [0.25, 0.3) is 5.91 Å². The molecular weight excluding hydrogens is 341 g/mol. The lowest BCUT2D eigenvalue weighted by molar-refractivity contribution is 0.0749. The third-order valence-corrected chi connectivity index (χ3v) is 4.68. The monoisotopic (exact) mass is 355 g/mol. The summed E-state index contributed by atoms with van der Waals surface area (Å²) in [6.07, 6.45) is 0. The minimum atomic E-state index is -0.427. The summed E-state index contributed by atoms with van der Waals surface area (Å²) in [4.78, 5) is 15.2. The van der Waals surface area contributed by atoms with E-state index in [4.69, 9.17) is 0 Å². The van der Waals surface area contributed by atoms with Gasteiger partial charge in [0.05, 0.1) is 15.9 Å². The first-order valence-electron chi connectivity index (χ1n) is 6.31. The van der Waals surface area contributed by atoms with E-state index in [1.807, 2.05) is 19.1 Å². The van der Waals surface area contributed by atoms with Crippen LogP contribution in [0.15, 0.2) is 34.1 Å². The molecule has 0 aliphatic heterocycles. The third kappa shape index (κ3) is 3.27. The van der Waals surface area contributed by atoms with Crippen LogP contribution in [0.25, 0.3) is 0 Å². The van der Waals surface area contributed by atoms with E-state index < -0.39 is 5.82 Å². The van der Waals surface area contributed by atoms with Crippen LogP contribution in [0.5, 0.6) is 0 Å². The standard InChI is InChI=1S/C15H15BrFNOS/c1-3-18(9-11-7-8-13(16)20-11)15(19)12-6-4-5-10(2)14(12)17/h4-8H,3,9H2,1-2H3. The molecule has 0 radical (unpaired) electrons. The Labute approximate surface area is 130 Å². The van der Waals surface area contributed by atoms with Crippen LogP contribution in [0.4, 0.5) is 4.39 Å². The predicted octanol–water partition coefficient (Wildman–Crippen LogP) is 4.62. The normalized spacial score (nSPS) is 10.6. The molecule has 1 aromatic carbocycles. The first-order chi connectivity index (χ1) is 9.52. The van der Waals surface area contributed by atoms with E-state index in [9.17, 15) is 9.18 Å². The second kappa shape index (κ2) is 6.50. The topological polar surface area (TPSA) is 20.3 Å². The molecule has 20 heavy (non-hydrogen) atoms. The number of carbonyl (C=O) groups excluding carboxylic acids is 1. The predicted molar refractivity (Wildman–Crippen MR) is 83.6 cm³/mol. The molecule has 0 N–H and O–H groups in total. The van der Waals surface area contributed by atoms with Crippen molar-refractivity contribution in [2.45, 2.75) is 20.4 Å². The Bertz CT molecular complexity index is 626. The molecule has 0 aliphatic carbocycles. The maximum Gasteiger partial charge on any atom is 0.257 e.